The number of carbonyl (C=O) groups is 2. The molecule has 0 saturated carbocycles. The molecule has 0 unspecified atom stereocenters. The molecule has 0 fully saturated rings. The summed E-state index contributed by atoms with van der Waals surface area (Å²) in [5, 5.41) is 11.8. The van der Waals surface area contributed by atoms with Crippen LogP contribution in [0.5, 0.6) is 5.75 Å². The Hall–Kier alpha value is -1.75. The highest BCUT2D eigenvalue weighted by Crippen LogP contribution is 2.26. The van der Waals surface area contributed by atoms with E-state index in [1.54, 1.807) is 6.07 Å². The van der Waals surface area contributed by atoms with Gasteiger partial charge in [0.15, 0.2) is 6.61 Å². The number of aromatic carboxylic acids is 1. The van der Waals surface area contributed by atoms with E-state index in [2.05, 4.69) is 5.32 Å². The van der Waals surface area contributed by atoms with E-state index in [-0.39, 0.29) is 28.8 Å². The third-order valence-corrected chi connectivity index (χ3v) is 2.72. The molecule has 6 heteroatoms. The number of carboxylic acid groups (broad SMARTS) is 1. The van der Waals surface area contributed by atoms with Gasteiger partial charge in [-0.05, 0) is 18.6 Å². The maximum atomic E-state index is 11.4. The first-order valence-corrected chi connectivity index (χ1v) is 6.35. The largest absolute Gasteiger partial charge is 0.483 e. The average molecular weight is 286 g/mol. The smallest absolute Gasteiger partial charge is 0.341 e. The third kappa shape index (κ3) is 4.79. The lowest BCUT2D eigenvalue weighted by atomic mass is 10.2. The Labute approximate surface area is 116 Å². The molecule has 0 aliphatic carbocycles. The second-order valence-electron chi connectivity index (χ2n) is 3.91. The van der Waals surface area contributed by atoms with E-state index in [0.717, 1.165) is 12.8 Å². The average Bonchev–Trinajstić information content (AvgIpc) is 2.36. The first-order chi connectivity index (χ1) is 9.06. The van der Waals surface area contributed by atoms with Crippen molar-refractivity contribution in [2.75, 3.05) is 13.2 Å². The SMILES string of the molecule is CCCCNC(=O)COc1cccc(Cl)c1C(=O)O. The normalized spacial score (nSPS) is 10.0. The van der Waals surface area contributed by atoms with Gasteiger partial charge in [-0.1, -0.05) is 31.0 Å². The van der Waals surface area contributed by atoms with Gasteiger partial charge in [0.25, 0.3) is 5.91 Å². The number of carbonyl (C=O) groups excluding carboxylic acids is 1. The van der Waals surface area contributed by atoms with Gasteiger partial charge in [-0.15, -0.1) is 0 Å². The fourth-order valence-corrected chi connectivity index (χ4v) is 1.68. The van der Waals surface area contributed by atoms with Crippen LogP contribution in [0.2, 0.25) is 5.02 Å². The zero-order chi connectivity index (χ0) is 14.3. The summed E-state index contributed by atoms with van der Waals surface area (Å²) in [6.07, 6.45) is 1.88. The van der Waals surface area contributed by atoms with Crippen LogP contribution in [0.15, 0.2) is 18.2 Å². The van der Waals surface area contributed by atoms with Crippen LogP contribution < -0.4 is 10.1 Å². The van der Waals surface area contributed by atoms with Crippen molar-refractivity contribution in [2.24, 2.45) is 0 Å². The number of ether oxygens (including phenoxy) is 1. The number of hydrogen-bond donors (Lipinski definition) is 2. The molecule has 19 heavy (non-hydrogen) atoms. The number of benzene rings is 1. The Kier molecular flexibility index (Phi) is 6.15. The predicted octanol–water partition coefficient (Wildman–Crippen LogP) is 2.33. The van der Waals surface area contributed by atoms with E-state index >= 15 is 0 Å². The van der Waals surface area contributed by atoms with Crippen molar-refractivity contribution in [3.63, 3.8) is 0 Å². The highest BCUT2D eigenvalue weighted by molar-refractivity contribution is 6.33. The number of hydrogen-bond acceptors (Lipinski definition) is 3. The number of halogens is 1. The minimum absolute atomic E-state index is 0.0800. The molecule has 1 aromatic rings. The highest BCUT2D eigenvalue weighted by atomic mass is 35.5. The van der Waals surface area contributed by atoms with Crippen LogP contribution in [0.4, 0.5) is 0 Å². The predicted molar refractivity (Wildman–Crippen MR) is 71.8 cm³/mol. The van der Waals surface area contributed by atoms with Gasteiger partial charge in [-0.3, -0.25) is 4.79 Å². The summed E-state index contributed by atoms with van der Waals surface area (Å²) >= 11 is 5.78. The summed E-state index contributed by atoms with van der Waals surface area (Å²) in [6, 6.07) is 4.49. The lowest BCUT2D eigenvalue weighted by Crippen LogP contribution is -2.29. The zero-order valence-corrected chi connectivity index (χ0v) is 11.4. The molecule has 0 atom stereocenters. The molecule has 0 saturated heterocycles. The summed E-state index contributed by atoms with van der Waals surface area (Å²) in [5.74, 6) is -1.39. The lowest BCUT2D eigenvalue weighted by Gasteiger charge is -2.10. The van der Waals surface area contributed by atoms with Crippen molar-refractivity contribution in [3.8, 4) is 5.75 Å². The van der Waals surface area contributed by atoms with Crippen LogP contribution in [0, 0.1) is 0 Å². The molecule has 0 aliphatic rings. The number of nitrogens with one attached hydrogen (secondary N) is 1. The summed E-state index contributed by atoms with van der Waals surface area (Å²) in [4.78, 5) is 22.5. The lowest BCUT2D eigenvalue weighted by molar-refractivity contribution is -0.123. The molecule has 0 spiro atoms. The van der Waals surface area contributed by atoms with Crippen molar-refractivity contribution >= 4 is 23.5 Å². The van der Waals surface area contributed by atoms with Crippen LogP contribution in [0.1, 0.15) is 30.1 Å². The highest BCUT2D eigenvalue weighted by Gasteiger charge is 2.16. The Balaban J connectivity index is 2.60. The summed E-state index contributed by atoms with van der Waals surface area (Å²) in [7, 11) is 0. The molecule has 0 bridgehead atoms. The van der Waals surface area contributed by atoms with Gasteiger partial charge in [0.05, 0.1) is 5.02 Å². The van der Waals surface area contributed by atoms with Gasteiger partial charge in [0.1, 0.15) is 11.3 Å². The van der Waals surface area contributed by atoms with Crippen molar-refractivity contribution in [3.05, 3.63) is 28.8 Å². The fourth-order valence-electron chi connectivity index (χ4n) is 1.43. The second kappa shape index (κ2) is 7.63. The molecular weight excluding hydrogens is 270 g/mol. The molecule has 1 amide bonds. The maximum Gasteiger partial charge on any atom is 0.341 e. The molecule has 104 valence electrons. The number of carboxylic acids is 1. The van der Waals surface area contributed by atoms with Crippen LogP contribution in [-0.2, 0) is 4.79 Å². The van der Waals surface area contributed by atoms with Gasteiger partial charge in [-0.25, -0.2) is 4.79 Å². The second-order valence-corrected chi connectivity index (χ2v) is 4.32. The van der Waals surface area contributed by atoms with E-state index in [1.807, 2.05) is 6.92 Å². The summed E-state index contributed by atoms with van der Waals surface area (Å²) in [6.45, 7) is 2.37. The molecule has 1 rings (SSSR count). The molecule has 0 aromatic heterocycles. The first-order valence-electron chi connectivity index (χ1n) is 5.97. The molecular formula is C13H16ClNO4. The molecule has 0 radical (unpaired) electrons. The molecule has 2 N–H and O–H groups in total. The standard InChI is InChI=1S/C13H16ClNO4/c1-2-3-7-15-11(16)8-19-10-6-4-5-9(14)12(10)13(17)18/h4-6H,2-3,7-8H2,1H3,(H,15,16)(H,17,18). The minimum Gasteiger partial charge on any atom is -0.483 e. The quantitative estimate of drug-likeness (QED) is 0.754. The number of unbranched alkanes of at least 4 members (excludes halogenated alkanes) is 1. The zero-order valence-electron chi connectivity index (χ0n) is 10.6. The Morgan fingerprint density at radius 3 is 2.79 bits per heavy atom. The monoisotopic (exact) mass is 285 g/mol. The van der Waals surface area contributed by atoms with Crippen LogP contribution >= 0.6 is 11.6 Å². The first kappa shape index (κ1) is 15.3. The van der Waals surface area contributed by atoms with Crippen molar-refractivity contribution < 1.29 is 19.4 Å². The number of rotatable bonds is 7. The fraction of sp³-hybridized carbons (Fsp3) is 0.385. The Morgan fingerprint density at radius 2 is 2.16 bits per heavy atom. The topological polar surface area (TPSA) is 75.6 Å². The summed E-state index contributed by atoms with van der Waals surface area (Å²) in [5.41, 5.74) is -0.134. The Morgan fingerprint density at radius 1 is 1.42 bits per heavy atom. The van der Waals surface area contributed by atoms with Gasteiger partial charge >= 0.3 is 5.97 Å². The summed E-state index contributed by atoms with van der Waals surface area (Å²) < 4.78 is 5.19. The number of amides is 1. The van der Waals surface area contributed by atoms with Crippen molar-refractivity contribution in [1.82, 2.24) is 5.32 Å². The third-order valence-electron chi connectivity index (χ3n) is 2.40. The molecule has 5 nitrogen and oxygen atoms in total. The van der Waals surface area contributed by atoms with Crippen LogP contribution in [0.25, 0.3) is 0 Å². The minimum atomic E-state index is -1.19. The van der Waals surface area contributed by atoms with Gasteiger partial charge in [0, 0.05) is 6.54 Å². The maximum absolute atomic E-state index is 11.4. The molecule has 0 heterocycles. The van der Waals surface area contributed by atoms with E-state index in [9.17, 15) is 9.59 Å². The van der Waals surface area contributed by atoms with Crippen LogP contribution in [-0.4, -0.2) is 30.1 Å². The van der Waals surface area contributed by atoms with Gasteiger partial charge in [-0.2, -0.15) is 0 Å². The van der Waals surface area contributed by atoms with Crippen LogP contribution in [0.3, 0.4) is 0 Å². The van der Waals surface area contributed by atoms with E-state index in [1.165, 1.54) is 12.1 Å². The van der Waals surface area contributed by atoms with Gasteiger partial charge in [0.2, 0.25) is 0 Å². The van der Waals surface area contributed by atoms with Crippen molar-refractivity contribution in [2.45, 2.75) is 19.8 Å². The van der Waals surface area contributed by atoms with Gasteiger partial charge < -0.3 is 15.2 Å². The Bertz CT molecular complexity index is 462. The molecule has 0 aliphatic heterocycles. The van der Waals surface area contributed by atoms with E-state index in [0.29, 0.717) is 6.54 Å². The van der Waals surface area contributed by atoms with E-state index < -0.39 is 5.97 Å². The van der Waals surface area contributed by atoms with E-state index in [4.69, 9.17) is 21.4 Å². The molecule has 1 aromatic carbocycles. The van der Waals surface area contributed by atoms with Crippen molar-refractivity contribution in [1.29, 1.82) is 0 Å².